The van der Waals surface area contributed by atoms with Crippen LogP contribution in [0.2, 0.25) is 0 Å². The van der Waals surface area contributed by atoms with Crippen LogP contribution in [0.1, 0.15) is 13.8 Å². The molecule has 0 spiro atoms. The van der Waals surface area contributed by atoms with Crippen LogP contribution in [0.3, 0.4) is 0 Å². The molecule has 0 aromatic carbocycles. The SMILES string of the molecule is CCNC(=O)OCC.[Nd]. The molecule has 0 radical (unpaired) electrons. The summed E-state index contributed by atoms with van der Waals surface area (Å²) >= 11 is 0. The van der Waals surface area contributed by atoms with Gasteiger partial charge in [-0.25, -0.2) is 4.79 Å². The Balaban J connectivity index is 0. The van der Waals surface area contributed by atoms with Crippen LogP contribution in [-0.4, -0.2) is 19.2 Å². The van der Waals surface area contributed by atoms with Crippen molar-refractivity contribution in [3.05, 3.63) is 0 Å². The van der Waals surface area contributed by atoms with Crippen molar-refractivity contribution < 1.29 is 50.4 Å². The Hall–Kier alpha value is 0.621. The molecule has 0 aliphatic heterocycles. The molecule has 0 saturated carbocycles. The Kier molecular flexibility index (Phi) is 11.8. The second kappa shape index (κ2) is 8.62. The molecule has 9 heavy (non-hydrogen) atoms. The molecule has 4 heteroatoms. The van der Waals surface area contributed by atoms with Gasteiger partial charge in [0.25, 0.3) is 0 Å². The van der Waals surface area contributed by atoms with E-state index in [1.807, 2.05) is 6.92 Å². The molecule has 0 heterocycles. The molecule has 1 amide bonds. The molecule has 0 fully saturated rings. The van der Waals surface area contributed by atoms with Gasteiger partial charge >= 0.3 is 6.09 Å². The molecule has 0 unspecified atom stereocenters. The number of ether oxygens (including phenoxy) is 1. The van der Waals surface area contributed by atoms with Crippen molar-refractivity contribution in [2.24, 2.45) is 0 Å². The number of alkyl carbamates (subject to hydrolysis) is 1. The predicted octanol–water partition coefficient (Wildman–Crippen LogP) is 0.752. The second-order valence-electron chi connectivity index (χ2n) is 1.25. The first-order valence-electron chi connectivity index (χ1n) is 2.71. The van der Waals surface area contributed by atoms with Crippen molar-refractivity contribution in [1.82, 2.24) is 5.32 Å². The summed E-state index contributed by atoms with van der Waals surface area (Å²) in [5, 5.41) is 2.49. The Morgan fingerprint density at radius 1 is 1.56 bits per heavy atom. The van der Waals surface area contributed by atoms with Crippen molar-refractivity contribution in [2.75, 3.05) is 13.2 Å². The monoisotopic (exact) mass is 259 g/mol. The predicted molar refractivity (Wildman–Crippen MR) is 30.7 cm³/mol. The molecule has 1 N–H and O–H groups in total. The van der Waals surface area contributed by atoms with Crippen LogP contribution >= 0.6 is 0 Å². The molecule has 0 aliphatic carbocycles. The first-order valence-corrected chi connectivity index (χ1v) is 2.71. The summed E-state index contributed by atoms with van der Waals surface area (Å²) in [6.45, 7) is 4.68. The summed E-state index contributed by atoms with van der Waals surface area (Å²) in [6.07, 6.45) is -0.338. The van der Waals surface area contributed by atoms with Gasteiger partial charge in [-0.05, 0) is 13.8 Å². The van der Waals surface area contributed by atoms with Gasteiger partial charge in [0.05, 0.1) is 6.61 Å². The molecular weight excluding hydrogens is 250 g/mol. The van der Waals surface area contributed by atoms with Gasteiger partial charge in [-0.15, -0.1) is 0 Å². The van der Waals surface area contributed by atoms with E-state index in [0.717, 1.165) is 0 Å². The van der Waals surface area contributed by atoms with Gasteiger partial charge in [0.1, 0.15) is 0 Å². The van der Waals surface area contributed by atoms with E-state index in [4.69, 9.17) is 0 Å². The molecule has 0 saturated heterocycles. The Morgan fingerprint density at radius 2 is 2.11 bits per heavy atom. The van der Waals surface area contributed by atoms with Gasteiger partial charge in [0.15, 0.2) is 0 Å². The van der Waals surface area contributed by atoms with Crippen LogP contribution < -0.4 is 5.32 Å². The first-order chi connectivity index (χ1) is 3.81. The van der Waals surface area contributed by atoms with E-state index < -0.39 is 0 Å². The van der Waals surface area contributed by atoms with Gasteiger partial charge in [0.2, 0.25) is 0 Å². The van der Waals surface area contributed by atoms with Crippen LogP contribution in [-0.2, 0) is 4.74 Å². The van der Waals surface area contributed by atoms with Crippen molar-refractivity contribution in [3.63, 3.8) is 0 Å². The zero-order valence-electron chi connectivity index (χ0n) is 5.73. The maximum atomic E-state index is 10.3. The maximum Gasteiger partial charge on any atom is 0.407 e. The molecule has 0 atom stereocenters. The normalized spacial score (nSPS) is 7.33. The van der Waals surface area contributed by atoms with Crippen LogP contribution in [0.4, 0.5) is 4.79 Å². The van der Waals surface area contributed by atoms with Crippen LogP contribution in [0.15, 0.2) is 0 Å². The third-order valence-corrected chi connectivity index (χ3v) is 0.597. The molecular formula is C5H11NNdO2. The number of amides is 1. The molecule has 0 rings (SSSR count). The summed E-state index contributed by atoms with van der Waals surface area (Å²) in [7, 11) is 0. The average molecular weight is 261 g/mol. The minimum absolute atomic E-state index is 0. The zero-order chi connectivity index (χ0) is 6.41. The van der Waals surface area contributed by atoms with Gasteiger partial charge in [-0.3, -0.25) is 0 Å². The number of hydrogen-bond acceptors (Lipinski definition) is 2. The fourth-order valence-corrected chi connectivity index (χ4v) is 0.326. The summed E-state index contributed by atoms with van der Waals surface area (Å²) < 4.78 is 4.53. The van der Waals surface area contributed by atoms with Crippen molar-refractivity contribution in [1.29, 1.82) is 0 Å². The third kappa shape index (κ3) is 8.62. The van der Waals surface area contributed by atoms with E-state index in [9.17, 15) is 4.79 Å². The van der Waals surface area contributed by atoms with Crippen LogP contribution in [0.25, 0.3) is 0 Å². The second-order valence-corrected chi connectivity index (χ2v) is 1.25. The standard InChI is InChI=1S/C5H11NO2.Nd/c1-3-6-5(7)8-4-2;/h3-4H2,1-2H3,(H,6,7);. The Labute approximate surface area is 88.1 Å². The molecule has 0 aromatic rings. The molecule has 0 aliphatic rings. The number of hydrogen-bond donors (Lipinski definition) is 1. The number of rotatable bonds is 2. The zero-order valence-corrected chi connectivity index (χ0v) is 8.94. The van der Waals surface area contributed by atoms with E-state index in [-0.39, 0.29) is 46.9 Å². The fraction of sp³-hybridized carbons (Fsp3) is 0.800. The third-order valence-electron chi connectivity index (χ3n) is 0.597. The number of nitrogens with one attached hydrogen (secondary N) is 1. The fourth-order valence-electron chi connectivity index (χ4n) is 0.326. The van der Waals surface area contributed by atoms with Crippen molar-refractivity contribution in [3.8, 4) is 0 Å². The summed E-state index contributed by atoms with van der Waals surface area (Å²) in [6, 6.07) is 0. The van der Waals surface area contributed by atoms with E-state index in [2.05, 4.69) is 10.1 Å². The molecule has 0 bridgehead atoms. The minimum atomic E-state index is -0.338. The molecule has 52 valence electrons. The van der Waals surface area contributed by atoms with Crippen LogP contribution in [0, 0.1) is 40.8 Å². The number of carbonyl (C=O) groups is 1. The Morgan fingerprint density at radius 3 is 2.44 bits per heavy atom. The average Bonchev–Trinajstić information content (AvgIpc) is 1.68. The smallest absolute Gasteiger partial charge is 0.407 e. The molecule has 0 aromatic heterocycles. The van der Waals surface area contributed by atoms with Crippen LogP contribution in [0.5, 0.6) is 0 Å². The Bertz CT molecular complexity index is 69.4. The minimum Gasteiger partial charge on any atom is -0.450 e. The topological polar surface area (TPSA) is 38.3 Å². The van der Waals surface area contributed by atoms with E-state index >= 15 is 0 Å². The largest absolute Gasteiger partial charge is 0.450 e. The van der Waals surface area contributed by atoms with Crippen molar-refractivity contribution in [2.45, 2.75) is 13.8 Å². The van der Waals surface area contributed by atoms with E-state index in [0.29, 0.717) is 13.2 Å². The number of carbonyl (C=O) groups excluding carboxylic acids is 1. The van der Waals surface area contributed by atoms with E-state index in [1.165, 1.54) is 0 Å². The van der Waals surface area contributed by atoms with Gasteiger partial charge in [-0.2, -0.15) is 0 Å². The quantitative estimate of drug-likeness (QED) is 0.797. The van der Waals surface area contributed by atoms with Gasteiger partial charge < -0.3 is 10.1 Å². The van der Waals surface area contributed by atoms with Gasteiger partial charge in [-0.1, -0.05) is 0 Å². The van der Waals surface area contributed by atoms with E-state index in [1.54, 1.807) is 6.92 Å². The molecule has 3 nitrogen and oxygen atoms in total. The summed E-state index contributed by atoms with van der Waals surface area (Å²) in [5.74, 6) is 0. The first kappa shape index (κ1) is 12.3. The van der Waals surface area contributed by atoms with Gasteiger partial charge in [0, 0.05) is 47.4 Å². The maximum absolute atomic E-state index is 10.3. The summed E-state index contributed by atoms with van der Waals surface area (Å²) in [4.78, 5) is 10.3. The van der Waals surface area contributed by atoms with Crippen molar-refractivity contribution >= 4 is 6.09 Å². The summed E-state index contributed by atoms with van der Waals surface area (Å²) in [5.41, 5.74) is 0.